The zero-order chi connectivity index (χ0) is 19.6. The molecule has 2 fully saturated rings. The van der Waals surface area contributed by atoms with Gasteiger partial charge in [0.1, 0.15) is 11.5 Å². The number of hydrogen-bond acceptors (Lipinski definition) is 2. The van der Waals surface area contributed by atoms with E-state index in [-0.39, 0.29) is 10.5 Å². The number of allylic oxidation sites excluding steroid dienone is 2. The molecule has 1 aromatic carbocycles. The highest BCUT2D eigenvalue weighted by Gasteiger charge is 2.52. The molecule has 0 spiro atoms. The molecule has 2 saturated carbocycles. The van der Waals surface area contributed by atoms with Crippen molar-refractivity contribution in [2.24, 2.45) is 11.3 Å². The summed E-state index contributed by atoms with van der Waals surface area (Å²) < 4.78 is 6.54. The van der Waals surface area contributed by atoms with Crippen molar-refractivity contribution in [3.05, 3.63) is 41.0 Å². The summed E-state index contributed by atoms with van der Waals surface area (Å²) in [6.45, 7) is 13.7. The molecule has 3 aliphatic carbocycles. The van der Waals surface area contributed by atoms with Gasteiger partial charge in [-0.25, -0.2) is 0 Å². The Balaban J connectivity index is 1.61. The van der Waals surface area contributed by atoms with Crippen molar-refractivity contribution in [2.75, 3.05) is 0 Å². The first-order chi connectivity index (χ1) is 12.5. The molecule has 0 aromatic heterocycles. The number of fused-ring (bicyclic) bond motifs is 5. The number of benzene rings is 1. The molecule has 3 aliphatic rings. The Labute approximate surface area is 165 Å². The topological polar surface area (TPSA) is 26.3 Å². The molecule has 0 heterocycles. The fourth-order valence-corrected chi connectivity index (χ4v) is 6.26. The molecule has 0 aliphatic heterocycles. The third-order valence-corrected chi connectivity index (χ3v) is 12.4. The molecule has 3 unspecified atom stereocenters. The minimum absolute atomic E-state index is 0.0920. The molecule has 146 valence electrons. The SMILES string of the molecule is CC12CCC3C(=CCc4cc(O[Si](C)(C)C(C)(C)C)ccc43)C1CCC2=O. The van der Waals surface area contributed by atoms with Crippen LogP contribution in [0.25, 0.3) is 0 Å². The molecule has 0 amide bonds. The van der Waals surface area contributed by atoms with Gasteiger partial charge in [0.2, 0.25) is 8.32 Å². The lowest BCUT2D eigenvalue weighted by molar-refractivity contribution is -0.126. The van der Waals surface area contributed by atoms with E-state index in [1.165, 1.54) is 11.1 Å². The van der Waals surface area contributed by atoms with E-state index in [0.717, 1.165) is 37.9 Å². The summed E-state index contributed by atoms with van der Waals surface area (Å²) >= 11 is 0. The molecular weight excluding hydrogens is 348 g/mol. The zero-order valence-electron chi connectivity index (χ0n) is 17.8. The van der Waals surface area contributed by atoms with Crippen LogP contribution in [0.4, 0.5) is 0 Å². The van der Waals surface area contributed by atoms with Gasteiger partial charge in [0.25, 0.3) is 0 Å². The van der Waals surface area contributed by atoms with Crippen LogP contribution in [0.5, 0.6) is 5.75 Å². The Morgan fingerprint density at radius 3 is 2.63 bits per heavy atom. The second-order valence-corrected chi connectivity index (χ2v) is 15.4. The molecular formula is C24H34O2Si. The first-order valence-electron chi connectivity index (χ1n) is 10.6. The summed E-state index contributed by atoms with van der Waals surface area (Å²) in [5, 5.41) is 0.207. The zero-order valence-corrected chi connectivity index (χ0v) is 18.8. The minimum atomic E-state index is -1.81. The number of Topliss-reactive ketones (excluding diaryl/α,β-unsaturated/α-hetero) is 1. The predicted molar refractivity (Wildman–Crippen MR) is 114 cm³/mol. The number of rotatable bonds is 2. The van der Waals surface area contributed by atoms with Gasteiger partial charge in [-0.15, -0.1) is 0 Å². The van der Waals surface area contributed by atoms with Crippen LogP contribution in [0.3, 0.4) is 0 Å². The van der Waals surface area contributed by atoms with Gasteiger partial charge in [-0.2, -0.15) is 0 Å². The maximum Gasteiger partial charge on any atom is 0.250 e. The van der Waals surface area contributed by atoms with Gasteiger partial charge >= 0.3 is 0 Å². The summed E-state index contributed by atoms with van der Waals surface area (Å²) in [4.78, 5) is 12.5. The quantitative estimate of drug-likeness (QED) is 0.436. The Bertz CT molecular complexity index is 814. The van der Waals surface area contributed by atoms with Crippen LogP contribution < -0.4 is 4.43 Å². The molecule has 0 radical (unpaired) electrons. The lowest BCUT2D eigenvalue weighted by atomic mass is 9.60. The van der Waals surface area contributed by atoms with E-state index in [4.69, 9.17) is 4.43 Å². The Kier molecular flexibility index (Phi) is 4.27. The summed E-state index contributed by atoms with van der Waals surface area (Å²) in [5.41, 5.74) is 4.37. The Morgan fingerprint density at radius 2 is 1.93 bits per heavy atom. The van der Waals surface area contributed by atoms with Gasteiger partial charge in [-0.05, 0) is 73.0 Å². The molecule has 3 atom stereocenters. The molecule has 0 saturated heterocycles. The Morgan fingerprint density at radius 1 is 1.19 bits per heavy atom. The van der Waals surface area contributed by atoms with Crippen molar-refractivity contribution in [1.82, 2.24) is 0 Å². The normalized spacial score (nSPS) is 30.3. The number of carbonyl (C=O) groups is 1. The van der Waals surface area contributed by atoms with Crippen molar-refractivity contribution < 1.29 is 9.22 Å². The standard InChI is InChI=1S/C24H34O2Si/c1-23(2,3)27(5,6)26-17-8-10-18-16(15-17)7-9-20-19(18)13-14-24(4)21(20)11-12-22(24)25/h8-10,15,19,21H,7,11-14H2,1-6H3. The van der Waals surface area contributed by atoms with Gasteiger partial charge in [-0.1, -0.05) is 45.4 Å². The highest BCUT2D eigenvalue weighted by Crippen LogP contribution is 2.58. The molecule has 2 nitrogen and oxygen atoms in total. The Hall–Kier alpha value is -1.35. The maximum atomic E-state index is 12.5. The highest BCUT2D eigenvalue weighted by atomic mass is 28.4. The summed E-state index contributed by atoms with van der Waals surface area (Å²) in [7, 11) is -1.81. The third-order valence-electron chi connectivity index (χ3n) is 8.05. The van der Waals surface area contributed by atoms with Crippen LogP contribution in [0, 0.1) is 11.3 Å². The fraction of sp³-hybridized carbons (Fsp3) is 0.625. The van der Waals surface area contributed by atoms with Crippen LogP contribution in [-0.4, -0.2) is 14.1 Å². The van der Waals surface area contributed by atoms with Gasteiger partial charge in [0.15, 0.2) is 0 Å². The van der Waals surface area contributed by atoms with E-state index in [2.05, 4.69) is 65.1 Å². The highest BCUT2D eigenvalue weighted by molar-refractivity contribution is 6.74. The van der Waals surface area contributed by atoms with Crippen LogP contribution in [0.2, 0.25) is 18.1 Å². The average Bonchev–Trinajstić information content (AvgIpc) is 2.88. The van der Waals surface area contributed by atoms with E-state index in [9.17, 15) is 4.79 Å². The monoisotopic (exact) mass is 382 g/mol. The van der Waals surface area contributed by atoms with Crippen molar-refractivity contribution in [1.29, 1.82) is 0 Å². The van der Waals surface area contributed by atoms with Crippen LogP contribution in [0.15, 0.2) is 29.8 Å². The lowest BCUT2D eigenvalue weighted by Crippen LogP contribution is -2.43. The van der Waals surface area contributed by atoms with Crippen LogP contribution in [0.1, 0.15) is 70.4 Å². The second kappa shape index (κ2) is 6.07. The van der Waals surface area contributed by atoms with Crippen molar-refractivity contribution >= 4 is 14.1 Å². The molecule has 27 heavy (non-hydrogen) atoms. The number of carbonyl (C=O) groups excluding carboxylic acids is 1. The first-order valence-corrected chi connectivity index (χ1v) is 13.5. The lowest BCUT2D eigenvalue weighted by Gasteiger charge is -2.44. The van der Waals surface area contributed by atoms with Gasteiger partial charge < -0.3 is 4.43 Å². The summed E-state index contributed by atoms with van der Waals surface area (Å²) in [5.74, 6) is 2.52. The molecule has 1 aromatic rings. The van der Waals surface area contributed by atoms with E-state index >= 15 is 0 Å². The van der Waals surface area contributed by atoms with Gasteiger partial charge in [0.05, 0.1) is 0 Å². The van der Waals surface area contributed by atoms with E-state index in [0.29, 0.717) is 17.6 Å². The van der Waals surface area contributed by atoms with Gasteiger partial charge in [0, 0.05) is 17.8 Å². The molecule has 3 heteroatoms. The summed E-state index contributed by atoms with van der Waals surface area (Å²) in [6.07, 6.45) is 7.41. The average molecular weight is 383 g/mol. The second-order valence-electron chi connectivity index (χ2n) is 10.7. The van der Waals surface area contributed by atoms with Crippen molar-refractivity contribution in [3.8, 4) is 5.75 Å². The molecule has 0 N–H and O–H groups in total. The largest absolute Gasteiger partial charge is 0.543 e. The van der Waals surface area contributed by atoms with E-state index in [1.807, 2.05) is 0 Å². The van der Waals surface area contributed by atoms with E-state index < -0.39 is 8.32 Å². The van der Waals surface area contributed by atoms with Crippen molar-refractivity contribution in [2.45, 2.75) is 83.8 Å². The van der Waals surface area contributed by atoms with E-state index in [1.54, 1.807) is 5.57 Å². The number of hydrogen-bond donors (Lipinski definition) is 0. The molecule has 4 rings (SSSR count). The fourth-order valence-electron chi connectivity index (χ4n) is 5.23. The smallest absolute Gasteiger partial charge is 0.250 e. The molecule has 0 bridgehead atoms. The maximum absolute atomic E-state index is 12.5. The minimum Gasteiger partial charge on any atom is -0.543 e. The first kappa shape index (κ1) is 19.0. The third kappa shape index (κ3) is 2.93. The van der Waals surface area contributed by atoms with Crippen LogP contribution in [-0.2, 0) is 11.2 Å². The van der Waals surface area contributed by atoms with Gasteiger partial charge in [-0.3, -0.25) is 4.79 Å². The summed E-state index contributed by atoms with van der Waals surface area (Å²) in [6, 6.07) is 6.79. The predicted octanol–water partition coefficient (Wildman–Crippen LogP) is 6.42. The van der Waals surface area contributed by atoms with Crippen molar-refractivity contribution in [3.63, 3.8) is 0 Å². The number of ketones is 1. The van der Waals surface area contributed by atoms with Crippen LogP contribution >= 0.6 is 0 Å².